The van der Waals surface area contributed by atoms with Gasteiger partial charge in [-0.3, -0.25) is 4.79 Å². The van der Waals surface area contributed by atoms with Gasteiger partial charge in [0.15, 0.2) is 11.5 Å². The highest BCUT2D eigenvalue weighted by atomic mass is 32.2. The number of ether oxygens (including phenoxy) is 2. The molecule has 0 radical (unpaired) electrons. The monoisotopic (exact) mass is 387 g/mol. The van der Waals surface area contributed by atoms with E-state index in [0.717, 1.165) is 22.6 Å². The molecule has 1 amide bonds. The second-order valence-corrected chi connectivity index (χ2v) is 8.93. The maximum atomic E-state index is 12.9. The van der Waals surface area contributed by atoms with Crippen LogP contribution in [0.4, 0.5) is 0 Å². The molecule has 1 fully saturated rings. The fraction of sp³-hybridized carbons (Fsp3) is 0.350. The molecule has 2 heterocycles. The van der Waals surface area contributed by atoms with Gasteiger partial charge in [0.1, 0.15) is 0 Å². The Kier molecular flexibility index (Phi) is 5.31. The summed E-state index contributed by atoms with van der Waals surface area (Å²) < 4.78 is 11.3. The van der Waals surface area contributed by atoms with Crippen LogP contribution >= 0.6 is 23.5 Å². The molecule has 0 N–H and O–H groups in total. The summed E-state index contributed by atoms with van der Waals surface area (Å²) in [5.74, 6) is 3.98. The lowest BCUT2D eigenvalue weighted by atomic mass is 10.1. The van der Waals surface area contributed by atoms with Crippen molar-refractivity contribution in [3.63, 3.8) is 0 Å². The first-order valence-corrected chi connectivity index (χ1v) is 10.9. The Balaban J connectivity index is 1.46. The second-order valence-electron chi connectivity index (χ2n) is 6.20. The third-order valence-corrected chi connectivity index (χ3v) is 7.64. The third kappa shape index (κ3) is 3.67. The van der Waals surface area contributed by atoms with Crippen LogP contribution in [0.15, 0.2) is 42.5 Å². The number of benzene rings is 2. The van der Waals surface area contributed by atoms with Crippen molar-refractivity contribution in [1.29, 1.82) is 0 Å². The summed E-state index contributed by atoms with van der Waals surface area (Å²) >= 11 is 3.96. The Labute approximate surface area is 162 Å². The van der Waals surface area contributed by atoms with E-state index in [1.54, 1.807) is 0 Å². The maximum Gasteiger partial charge on any atom is 0.254 e. The summed E-state index contributed by atoms with van der Waals surface area (Å²) in [7, 11) is 0. The van der Waals surface area contributed by atoms with Gasteiger partial charge < -0.3 is 14.4 Å². The summed E-state index contributed by atoms with van der Waals surface area (Å²) in [5.41, 5.74) is 3.08. The lowest BCUT2D eigenvalue weighted by Crippen LogP contribution is -2.30. The Morgan fingerprint density at radius 3 is 2.54 bits per heavy atom. The summed E-state index contributed by atoms with van der Waals surface area (Å²) in [5, 5.41) is 0. The van der Waals surface area contributed by atoms with Crippen molar-refractivity contribution in [1.82, 2.24) is 4.90 Å². The first-order chi connectivity index (χ1) is 12.7. The van der Waals surface area contributed by atoms with Crippen molar-refractivity contribution in [3.8, 4) is 11.5 Å². The minimum atomic E-state index is 0.0587. The van der Waals surface area contributed by atoms with Gasteiger partial charge in [-0.2, -0.15) is 0 Å². The maximum absolute atomic E-state index is 12.9. The minimum Gasteiger partial charge on any atom is -0.454 e. The smallest absolute Gasteiger partial charge is 0.254 e. The number of fused-ring (bicyclic) bond motifs is 1. The molecule has 0 aromatic heterocycles. The van der Waals surface area contributed by atoms with E-state index in [2.05, 4.69) is 12.1 Å². The quantitative estimate of drug-likeness (QED) is 0.752. The fourth-order valence-corrected chi connectivity index (χ4v) is 5.96. The largest absolute Gasteiger partial charge is 0.454 e. The highest BCUT2D eigenvalue weighted by molar-refractivity contribution is 8.19. The van der Waals surface area contributed by atoms with Gasteiger partial charge in [-0.05, 0) is 42.3 Å². The first-order valence-electron chi connectivity index (χ1n) is 8.75. The van der Waals surface area contributed by atoms with Crippen molar-refractivity contribution in [2.24, 2.45) is 0 Å². The summed E-state index contributed by atoms with van der Waals surface area (Å²) in [6.07, 6.45) is 0. The van der Waals surface area contributed by atoms with E-state index in [1.807, 2.05) is 65.7 Å². The van der Waals surface area contributed by atoms with Gasteiger partial charge in [0.05, 0.1) is 4.58 Å². The molecule has 0 bridgehead atoms. The SMILES string of the molecule is CCN(Cc1ccc2c(c1)OCO2)C(=O)c1ccc(C2SCCS2)cc1. The Morgan fingerprint density at radius 2 is 1.81 bits per heavy atom. The number of thioether (sulfide) groups is 2. The first kappa shape index (κ1) is 17.6. The Bertz CT molecular complexity index is 788. The molecule has 2 aromatic rings. The second kappa shape index (κ2) is 7.84. The number of carbonyl (C=O) groups excluding carboxylic acids is 1. The van der Waals surface area contributed by atoms with Gasteiger partial charge in [0.25, 0.3) is 5.91 Å². The highest BCUT2D eigenvalue weighted by Crippen LogP contribution is 2.45. The van der Waals surface area contributed by atoms with Crippen molar-refractivity contribution >= 4 is 29.4 Å². The van der Waals surface area contributed by atoms with Crippen molar-refractivity contribution in [2.75, 3.05) is 24.8 Å². The molecule has 0 spiro atoms. The molecule has 2 aliphatic heterocycles. The van der Waals surface area contributed by atoms with Crippen LogP contribution in [-0.4, -0.2) is 35.7 Å². The average molecular weight is 388 g/mol. The van der Waals surface area contributed by atoms with Gasteiger partial charge in [-0.25, -0.2) is 0 Å². The Hall–Kier alpha value is -1.79. The summed E-state index contributed by atoms with van der Waals surface area (Å²) in [4.78, 5) is 14.8. The molecule has 4 nitrogen and oxygen atoms in total. The molecule has 4 rings (SSSR count). The average Bonchev–Trinajstić information content (AvgIpc) is 3.37. The number of hydrogen-bond acceptors (Lipinski definition) is 5. The van der Waals surface area contributed by atoms with Crippen LogP contribution in [0.3, 0.4) is 0 Å². The number of rotatable bonds is 5. The van der Waals surface area contributed by atoms with Crippen molar-refractivity contribution in [3.05, 3.63) is 59.2 Å². The molecule has 6 heteroatoms. The molecule has 26 heavy (non-hydrogen) atoms. The molecule has 136 valence electrons. The zero-order valence-electron chi connectivity index (χ0n) is 14.6. The fourth-order valence-electron chi connectivity index (χ4n) is 3.10. The van der Waals surface area contributed by atoms with Crippen LogP contribution in [0.5, 0.6) is 11.5 Å². The summed E-state index contributed by atoms with van der Waals surface area (Å²) in [6, 6.07) is 14.0. The van der Waals surface area contributed by atoms with Crippen LogP contribution in [-0.2, 0) is 6.54 Å². The van der Waals surface area contributed by atoms with E-state index in [0.29, 0.717) is 17.7 Å². The lowest BCUT2D eigenvalue weighted by molar-refractivity contribution is 0.0752. The molecular formula is C20H21NO3S2. The zero-order valence-corrected chi connectivity index (χ0v) is 16.3. The van der Waals surface area contributed by atoms with E-state index in [9.17, 15) is 4.79 Å². The van der Waals surface area contributed by atoms with Gasteiger partial charge in [-0.15, -0.1) is 23.5 Å². The number of nitrogens with zero attached hydrogens (tertiary/aromatic N) is 1. The summed E-state index contributed by atoms with van der Waals surface area (Å²) in [6.45, 7) is 3.48. The van der Waals surface area contributed by atoms with Crippen LogP contribution in [0, 0.1) is 0 Å². The normalized spacial score (nSPS) is 16.0. The molecule has 0 unspecified atom stereocenters. The number of amides is 1. The zero-order chi connectivity index (χ0) is 17.9. The standard InChI is InChI=1S/C20H21NO3S2/c1-2-21(12-14-3-8-17-18(11-14)24-13-23-17)19(22)15-4-6-16(7-5-15)20-25-9-10-26-20/h3-8,11,20H,2,9-10,12-13H2,1H3. The van der Waals surface area contributed by atoms with E-state index in [-0.39, 0.29) is 12.7 Å². The van der Waals surface area contributed by atoms with E-state index >= 15 is 0 Å². The highest BCUT2D eigenvalue weighted by Gasteiger charge is 2.20. The number of hydrogen-bond donors (Lipinski definition) is 0. The van der Waals surface area contributed by atoms with Gasteiger partial charge in [0.2, 0.25) is 6.79 Å². The molecule has 2 aromatic carbocycles. The molecule has 1 saturated heterocycles. The van der Waals surface area contributed by atoms with Gasteiger partial charge in [-0.1, -0.05) is 18.2 Å². The van der Waals surface area contributed by atoms with Gasteiger partial charge >= 0.3 is 0 Å². The van der Waals surface area contributed by atoms with Gasteiger partial charge in [0, 0.05) is 30.2 Å². The van der Waals surface area contributed by atoms with E-state index in [1.165, 1.54) is 17.1 Å². The van der Waals surface area contributed by atoms with Crippen molar-refractivity contribution in [2.45, 2.75) is 18.1 Å². The number of carbonyl (C=O) groups is 1. The van der Waals surface area contributed by atoms with Crippen molar-refractivity contribution < 1.29 is 14.3 Å². The topological polar surface area (TPSA) is 38.8 Å². The molecule has 0 aliphatic carbocycles. The predicted molar refractivity (Wildman–Crippen MR) is 107 cm³/mol. The Morgan fingerprint density at radius 1 is 1.08 bits per heavy atom. The van der Waals surface area contributed by atoms with E-state index in [4.69, 9.17) is 9.47 Å². The lowest BCUT2D eigenvalue weighted by Gasteiger charge is -2.21. The van der Waals surface area contributed by atoms with Crippen LogP contribution in [0.1, 0.15) is 33.0 Å². The molecular weight excluding hydrogens is 366 g/mol. The molecule has 0 saturated carbocycles. The predicted octanol–water partition coefficient (Wildman–Crippen LogP) is 4.56. The molecule has 2 aliphatic rings. The van der Waals surface area contributed by atoms with Crippen LogP contribution in [0.2, 0.25) is 0 Å². The molecule has 0 atom stereocenters. The van der Waals surface area contributed by atoms with Crippen LogP contribution in [0.25, 0.3) is 0 Å². The third-order valence-electron chi connectivity index (χ3n) is 4.53. The minimum absolute atomic E-state index is 0.0587. The van der Waals surface area contributed by atoms with E-state index < -0.39 is 0 Å². The van der Waals surface area contributed by atoms with Crippen LogP contribution < -0.4 is 9.47 Å².